The molecule has 1 saturated carbocycles. The summed E-state index contributed by atoms with van der Waals surface area (Å²) in [6.45, 7) is 0. The summed E-state index contributed by atoms with van der Waals surface area (Å²) in [5.74, 6) is -1.88. The van der Waals surface area contributed by atoms with Crippen molar-refractivity contribution in [3.05, 3.63) is 28.2 Å². The van der Waals surface area contributed by atoms with Crippen molar-refractivity contribution < 1.29 is 17.2 Å². The molecule has 2 rings (SSSR count). The Morgan fingerprint density at radius 3 is 2.35 bits per heavy atom. The van der Waals surface area contributed by atoms with Gasteiger partial charge in [-0.3, -0.25) is 0 Å². The van der Waals surface area contributed by atoms with Gasteiger partial charge in [0.15, 0.2) is 0 Å². The zero-order valence-electron chi connectivity index (χ0n) is 11.1. The Balaban J connectivity index is 2.39. The fourth-order valence-electron chi connectivity index (χ4n) is 2.56. The summed E-state index contributed by atoms with van der Waals surface area (Å²) >= 11 is 2.94. The van der Waals surface area contributed by atoms with E-state index in [1.54, 1.807) is 0 Å². The van der Waals surface area contributed by atoms with Gasteiger partial charge in [0.05, 0.1) is 0 Å². The number of rotatable bonds is 3. The van der Waals surface area contributed by atoms with Crippen molar-refractivity contribution in [2.24, 2.45) is 0 Å². The van der Waals surface area contributed by atoms with E-state index in [1.165, 1.54) is 11.4 Å². The van der Waals surface area contributed by atoms with Crippen LogP contribution in [0.4, 0.5) is 8.78 Å². The van der Waals surface area contributed by atoms with Crippen LogP contribution in [0.5, 0.6) is 0 Å². The minimum absolute atomic E-state index is 0.0855. The molecule has 1 aliphatic rings. The van der Waals surface area contributed by atoms with Crippen molar-refractivity contribution in [3.63, 3.8) is 0 Å². The molecule has 0 heterocycles. The minimum atomic E-state index is -3.97. The van der Waals surface area contributed by atoms with E-state index in [2.05, 4.69) is 15.9 Å². The van der Waals surface area contributed by atoms with Gasteiger partial charge in [0.1, 0.15) is 16.5 Å². The summed E-state index contributed by atoms with van der Waals surface area (Å²) < 4.78 is 53.1. The van der Waals surface area contributed by atoms with Crippen molar-refractivity contribution in [2.45, 2.75) is 43.0 Å². The molecular weight excluding hydrogens is 352 g/mol. The SMILES string of the molecule is CN(C1CCCCC1)S(=O)(=O)c1c(F)cc(F)cc1Br. The maximum atomic E-state index is 13.9. The zero-order valence-corrected chi connectivity index (χ0v) is 13.5. The highest BCUT2D eigenvalue weighted by atomic mass is 79.9. The molecule has 0 atom stereocenters. The van der Waals surface area contributed by atoms with Crippen LogP contribution >= 0.6 is 15.9 Å². The highest BCUT2D eigenvalue weighted by Gasteiger charge is 2.33. The summed E-state index contributed by atoms with van der Waals surface area (Å²) in [5, 5.41) is 0. The van der Waals surface area contributed by atoms with Gasteiger partial charge in [-0.25, -0.2) is 17.2 Å². The first-order chi connectivity index (χ1) is 9.34. The van der Waals surface area contributed by atoms with Crippen molar-refractivity contribution in [1.29, 1.82) is 0 Å². The minimum Gasteiger partial charge on any atom is -0.207 e. The van der Waals surface area contributed by atoms with Crippen molar-refractivity contribution in [2.75, 3.05) is 7.05 Å². The smallest absolute Gasteiger partial charge is 0.207 e. The Kier molecular flexibility index (Phi) is 4.81. The molecule has 1 aliphatic carbocycles. The van der Waals surface area contributed by atoms with Crippen LogP contribution in [0.2, 0.25) is 0 Å². The van der Waals surface area contributed by atoms with Gasteiger partial charge in [-0.05, 0) is 34.8 Å². The first kappa shape index (κ1) is 15.9. The third-order valence-electron chi connectivity index (χ3n) is 3.69. The fourth-order valence-corrected chi connectivity index (χ4v) is 5.08. The molecule has 0 saturated heterocycles. The quantitative estimate of drug-likeness (QED) is 0.816. The summed E-state index contributed by atoms with van der Waals surface area (Å²) in [4.78, 5) is -0.494. The van der Waals surface area contributed by atoms with Crippen LogP contribution in [0, 0.1) is 11.6 Å². The Hall–Kier alpha value is -0.530. The molecule has 3 nitrogen and oxygen atoms in total. The van der Waals surface area contributed by atoms with E-state index in [1.807, 2.05) is 0 Å². The normalized spacial score (nSPS) is 17.6. The molecule has 0 spiro atoms. The van der Waals surface area contributed by atoms with E-state index in [9.17, 15) is 17.2 Å². The number of hydrogen-bond acceptors (Lipinski definition) is 2. The van der Waals surface area contributed by atoms with Gasteiger partial charge < -0.3 is 0 Å². The van der Waals surface area contributed by atoms with Crippen LogP contribution in [0.3, 0.4) is 0 Å². The zero-order chi connectivity index (χ0) is 14.9. The van der Waals surface area contributed by atoms with Gasteiger partial charge in [-0.2, -0.15) is 4.31 Å². The summed E-state index contributed by atoms with van der Waals surface area (Å²) in [7, 11) is -2.51. The number of hydrogen-bond donors (Lipinski definition) is 0. The Morgan fingerprint density at radius 2 is 1.80 bits per heavy atom. The average Bonchev–Trinajstić information content (AvgIpc) is 2.37. The third-order valence-corrected chi connectivity index (χ3v) is 6.56. The molecule has 0 N–H and O–H groups in total. The standard InChI is InChI=1S/C13H16BrF2NO2S/c1-17(10-5-3-2-4-6-10)20(18,19)13-11(14)7-9(15)8-12(13)16/h7-8,10H,2-6H2,1H3. The predicted octanol–water partition coefficient (Wildman–Crippen LogP) is 3.68. The van der Waals surface area contributed by atoms with E-state index >= 15 is 0 Å². The molecule has 1 aromatic carbocycles. The van der Waals surface area contributed by atoms with Gasteiger partial charge >= 0.3 is 0 Å². The van der Waals surface area contributed by atoms with Crippen molar-refractivity contribution >= 4 is 26.0 Å². The molecular formula is C13H16BrF2NO2S. The van der Waals surface area contributed by atoms with Crippen molar-refractivity contribution in [3.8, 4) is 0 Å². The van der Waals surface area contributed by atoms with Gasteiger partial charge in [0.25, 0.3) is 0 Å². The second kappa shape index (κ2) is 6.07. The highest BCUT2D eigenvalue weighted by Crippen LogP contribution is 2.32. The lowest BCUT2D eigenvalue weighted by Crippen LogP contribution is -2.38. The number of halogens is 3. The lowest BCUT2D eigenvalue weighted by atomic mass is 9.96. The molecule has 0 aromatic heterocycles. The molecule has 112 valence electrons. The molecule has 1 fully saturated rings. The van der Waals surface area contributed by atoms with E-state index in [4.69, 9.17) is 0 Å². The van der Waals surface area contributed by atoms with Gasteiger partial charge in [-0.1, -0.05) is 19.3 Å². The summed E-state index contributed by atoms with van der Waals surface area (Å²) in [5.41, 5.74) is 0. The van der Waals surface area contributed by atoms with Crippen LogP contribution in [0.15, 0.2) is 21.5 Å². The maximum Gasteiger partial charge on any atom is 0.247 e. The van der Waals surface area contributed by atoms with E-state index in [0.29, 0.717) is 6.07 Å². The van der Waals surface area contributed by atoms with Gasteiger partial charge in [0, 0.05) is 23.6 Å². The molecule has 0 unspecified atom stereocenters. The van der Waals surface area contributed by atoms with Crippen LogP contribution < -0.4 is 0 Å². The molecule has 0 aliphatic heterocycles. The van der Waals surface area contributed by atoms with Gasteiger partial charge in [-0.15, -0.1) is 0 Å². The third kappa shape index (κ3) is 3.04. The van der Waals surface area contributed by atoms with E-state index in [-0.39, 0.29) is 10.5 Å². The van der Waals surface area contributed by atoms with Gasteiger partial charge in [0.2, 0.25) is 10.0 Å². The molecule has 1 aromatic rings. The number of benzene rings is 1. The largest absolute Gasteiger partial charge is 0.247 e. The molecule has 7 heteroatoms. The molecule has 20 heavy (non-hydrogen) atoms. The summed E-state index contributed by atoms with van der Waals surface area (Å²) in [6, 6.07) is 1.43. The predicted molar refractivity (Wildman–Crippen MR) is 75.9 cm³/mol. The second-order valence-corrected chi connectivity index (χ2v) is 7.80. The molecule has 0 bridgehead atoms. The fraction of sp³-hybridized carbons (Fsp3) is 0.538. The van der Waals surface area contributed by atoms with Crippen molar-refractivity contribution in [1.82, 2.24) is 4.31 Å². The first-order valence-electron chi connectivity index (χ1n) is 6.46. The summed E-state index contributed by atoms with van der Waals surface area (Å²) in [6.07, 6.45) is 4.58. The maximum absolute atomic E-state index is 13.9. The van der Waals surface area contributed by atoms with Crippen LogP contribution in [0.1, 0.15) is 32.1 Å². The highest BCUT2D eigenvalue weighted by molar-refractivity contribution is 9.10. The second-order valence-electron chi connectivity index (χ2n) is 5.01. The topological polar surface area (TPSA) is 37.4 Å². The van der Waals surface area contributed by atoms with E-state index < -0.39 is 26.6 Å². The molecule has 0 radical (unpaired) electrons. The van der Waals surface area contributed by atoms with Crippen LogP contribution in [-0.2, 0) is 10.0 Å². The van der Waals surface area contributed by atoms with Crippen LogP contribution in [-0.4, -0.2) is 25.8 Å². The molecule has 0 amide bonds. The Labute approximate surface area is 126 Å². The Bertz CT molecular complexity index is 577. The van der Waals surface area contributed by atoms with Crippen LogP contribution in [0.25, 0.3) is 0 Å². The van der Waals surface area contributed by atoms with E-state index in [0.717, 1.165) is 38.2 Å². The number of nitrogens with zero attached hydrogens (tertiary/aromatic N) is 1. The monoisotopic (exact) mass is 367 g/mol. The Morgan fingerprint density at radius 1 is 1.20 bits per heavy atom. The first-order valence-corrected chi connectivity index (χ1v) is 8.70. The lowest BCUT2D eigenvalue weighted by Gasteiger charge is -2.30. The lowest BCUT2D eigenvalue weighted by molar-refractivity contribution is 0.285. The number of sulfonamides is 1. The average molecular weight is 368 g/mol.